The monoisotopic (exact) mass is 443 g/mol. The molecule has 0 fully saturated rings. The third-order valence-electron chi connectivity index (χ3n) is 2.74. The number of hydrogen-bond donors (Lipinski definition) is 3. The zero-order valence-electron chi connectivity index (χ0n) is 13.7. The molecule has 0 unspecified atom stereocenters. The molecule has 0 saturated carbocycles. The molecule has 1 heterocycles. The van der Waals surface area contributed by atoms with E-state index in [1.165, 1.54) is 0 Å². The van der Waals surface area contributed by atoms with Crippen molar-refractivity contribution in [1.29, 1.82) is 0 Å². The topological polar surface area (TPSA) is 87.5 Å². The molecule has 0 radical (unpaired) electrons. The average molecular weight is 443 g/mol. The minimum Gasteiger partial charge on any atom is -0.357 e. The number of aryl methyl sites for hydroxylation is 1. The maximum Gasteiger partial charge on any atom is 0.209 e. The third kappa shape index (κ3) is 8.59. The summed E-state index contributed by atoms with van der Waals surface area (Å²) in [6.45, 7) is 4.70. The van der Waals surface area contributed by atoms with Crippen LogP contribution in [0.3, 0.4) is 0 Å². The fraction of sp³-hybridized carbons (Fsp3) is 0.615. The SMILES string of the molecule is CN=C(NCc1ccn(C)c1)NCC(C)(C)NS(C)(=O)=O.I. The molecule has 0 aromatic carbocycles. The second-order valence-electron chi connectivity index (χ2n) is 5.72. The van der Waals surface area contributed by atoms with Crippen LogP contribution >= 0.6 is 24.0 Å². The number of rotatable bonds is 6. The van der Waals surface area contributed by atoms with Gasteiger partial charge in [-0.3, -0.25) is 4.99 Å². The summed E-state index contributed by atoms with van der Waals surface area (Å²) >= 11 is 0. The van der Waals surface area contributed by atoms with Crippen molar-refractivity contribution in [2.45, 2.75) is 25.9 Å². The van der Waals surface area contributed by atoms with Crippen LogP contribution < -0.4 is 15.4 Å². The summed E-state index contributed by atoms with van der Waals surface area (Å²) in [4.78, 5) is 4.12. The lowest BCUT2D eigenvalue weighted by molar-refractivity contribution is 0.446. The Labute approximate surface area is 150 Å². The van der Waals surface area contributed by atoms with Crippen LogP contribution in [0.25, 0.3) is 0 Å². The molecular formula is C13H26IN5O2S. The summed E-state index contributed by atoms with van der Waals surface area (Å²) in [6, 6.07) is 2.02. The Morgan fingerprint density at radius 1 is 1.36 bits per heavy atom. The van der Waals surface area contributed by atoms with E-state index in [0.717, 1.165) is 11.8 Å². The largest absolute Gasteiger partial charge is 0.357 e. The van der Waals surface area contributed by atoms with E-state index in [1.807, 2.05) is 43.9 Å². The van der Waals surface area contributed by atoms with Gasteiger partial charge in [0.2, 0.25) is 10.0 Å². The van der Waals surface area contributed by atoms with E-state index < -0.39 is 15.6 Å². The molecule has 9 heteroatoms. The molecule has 0 atom stereocenters. The lowest BCUT2D eigenvalue weighted by Crippen LogP contribution is -2.52. The predicted molar refractivity (Wildman–Crippen MR) is 101 cm³/mol. The van der Waals surface area contributed by atoms with Crippen LogP contribution in [0.1, 0.15) is 19.4 Å². The molecule has 128 valence electrons. The third-order valence-corrected chi connectivity index (χ3v) is 3.66. The molecule has 0 aliphatic rings. The molecule has 3 N–H and O–H groups in total. The van der Waals surface area contributed by atoms with E-state index in [1.54, 1.807) is 7.05 Å². The molecule has 22 heavy (non-hydrogen) atoms. The Morgan fingerprint density at radius 3 is 2.45 bits per heavy atom. The first-order valence-corrected chi connectivity index (χ1v) is 8.55. The summed E-state index contributed by atoms with van der Waals surface area (Å²) in [5.74, 6) is 0.627. The van der Waals surface area contributed by atoms with Crippen LogP contribution in [0.15, 0.2) is 23.5 Å². The molecule has 0 aliphatic heterocycles. The maximum atomic E-state index is 11.3. The molecule has 1 rings (SSSR count). The highest BCUT2D eigenvalue weighted by atomic mass is 127. The van der Waals surface area contributed by atoms with Gasteiger partial charge in [-0.25, -0.2) is 13.1 Å². The summed E-state index contributed by atoms with van der Waals surface area (Å²) in [6.07, 6.45) is 5.15. The van der Waals surface area contributed by atoms with Gasteiger partial charge < -0.3 is 15.2 Å². The van der Waals surface area contributed by atoms with Gasteiger partial charge in [0.25, 0.3) is 0 Å². The van der Waals surface area contributed by atoms with Gasteiger partial charge in [0, 0.05) is 45.1 Å². The minimum atomic E-state index is -3.24. The van der Waals surface area contributed by atoms with Gasteiger partial charge in [-0.1, -0.05) is 0 Å². The fourth-order valence-electron chi connectivity index (χ4n) is 1.91. The lowest BCUT2D eigenvalue weighted by Gasteiger charge is -2.26. The van der Waals surface area contributed by atoms with Crippen molar-refractivity contribution < 1.29 is 8.42 Å². The van der Waals surface area contributed by atoms with Gasteiger partial charge >= 0.3 is 0 Å². The molecule has 0 spiro atoms. The van der Waals surface area contributed by atoms with E-state index in [0.29, 0.717) is 19.0 Å². The Hall–Kier alpha value is -0.810. The van der Waals surface area contributed by atoms with E-state index in [-0.39, 0.29) is 24.0 Å². The van der Waals surface area contributed by atoms with Gasteiger partial charge in [0.05, 0.1) is 6.26 Å². The van der Waals surface area contributed by atoms with Gasteiger partial charge in [-0.15, -0.1) is 24.0 Å². The number of nitrogens with zero attached hydrogens (tertiary/aromatic N) is 2. The summed E-state index contributed by atoms with van der Waals surface area (Å²) in [5.41, 5.74) is 0.548. The van der Waals surface area contributed by atoms with Gasteiger partial charge in [0.1, 0.15) is 0 Å². The maximum absolute atomic E-state index is 11.3. The number of hydrogen-bond acceptors (Lipinski definition) is 3. The number of nitrogens with one attached hydrogen (secondary N) is 3. The van der Waals surface area contributed by atoms with Crippen molar-refractivity contribution in [2.24, 2.45) is 12.0 Å². The Balaban J connectivity index is 0.00000441. The number of aliphatic imine (C=N–C) groups is 1. The van der Waals surface area contributed by atoms with E-state index in [9.17, 15) is 8.42 Å². The highest BCUT2D eigenvalue weighted by Gasteiger charge is 2.22. The van der Waals surface area contributed by atoms with Gasteiger partial charge in [-0.2, -0.15) is 0 Å². The van der Waals surface area contributed by atoms with Crippen LogP contribution in [0.4, 0.5) is 0 Å². The Kier molecular flexibility index (Phi) is 8.40. The van der Waals surface area contributed by atoms with Gasteiger partial charge in [-0.05, 0) is 25.5 Å². The van der Waals surface area contributed by atoms with Crippen molar-refractivity contribution >= 4 is 40.0 Å². The second kappa shape index (κ2) is 8.73. The van der Waals surface area contributed by atoms with Gasteiger partial charge in [0.15, 0.2) is 5.96 Å². The Bertz CT molecular complexity index is 595. The first-order chi connectivity index (χ1) is 9.61. The molecule has 0 aliphatic carbocycles. The highest BCUT2D eigenvalue weighted by molar-refractivity contribution is 14.0. The molecule has 0 amide bonds. The molecular weight excluding hydrogens is 417 g/mol. The summed E-state index contributed by atoms with van der Waals surface area (Å²) in [7, 11) is 0.404. The van der Waals surface area contributed by atoms with Crippen LogP contribution in [0.2, 0.25) is 0 Å². The number of aromatic nitrogens is 1. The number of sulfonamides is 1. The van der Waals surface area contributed by atoms with Crippen molar-refractivity contribution in [1.82, 2.24) is 19.9 Å². The molecule has 1 aromatic heterocycles. The van der Waals surface area contributed by atoms with Crippen LogP contribution in [0, 0.1) is 0 Å². The summed E-state index contributed by atoms with van der Waals surface area (Å²) in [5, 5.41) is 6.30. The first-order valence-electron chi connectivity index (χ1n) is 6.66. The fourth-order valence-corrected chi connectivity index (χ4v) is 2.99. The van der Waals surface area contributed by atoms with Crippen molar-refractivity contribution in [3.05, 3.63) is 24.0 Å². The van der Waals surface area contributed by atoms with Crippen molar-refractivity contribution in [2.75, 3.05) is 19.8 Å². The average Bonchev–Trinajstić information content (AvgIpc) is 2.72. The van der Waals surface area contributed by atoms with Crippen LogP contribution in [-0.4, -0.2) is 44.3 Å². The van der Waals surface area contributed by atoms with Crippen LogP contribution in [-0.2, 0) is 23.6 Å². The normalized spacial score (nSPS) is 12.7. The highest BCUT2D eigenvalue weighted by Crippen LogP contribution is 2.02. The Morgan fingerprint density at radius 2 is 2.00 bits per heavy atom. The first kappa shape index (κ1) is 21.2. The minimum absolute atomic E-state index is 0. The van der Waals surface area contributed by atoms with E-state index in [4.69, 9.17) is 0 Å². The lowest BCUT2D eigenvalue weighted by atomic mass is 10.1. The molecule has 7 nitrogen and oxygen atoms in total. The standard InChI is InChI=1S/C13H25N5O2S.HI/c1-13(2,17-21(5,19)20)10-16-12(14-3)15-8-11-6-7-18(4)9-11;/h6-7,9,17H,8,10H2,1-5H3,(H2,14,15,16);1H. The molecule has 0 saturated heterocycles. The van der Waals surface area contributed by atoms with Crippen molar-refractivity contribution in [3.63, 3.8) is 0 Å². The predicted octanol–water partition coefficient (Wildman–Crippen LogP) is 0.636. The number of halogens is 1. The smallest absolute Gasteiger partial charge is 0.209 e. The second-order valence-corrected chi connectivity index (χ2v) is 7.47. The van der Waals surface area contributed by atoms with E-state index >= 15 is 0 Å². The zero-order valence-corrected chi connectivity index (χ0v) is 16.8. The number of guanidine groups is 1. The molecule has 1 aromatic rings. The van der Waals surface area contributed by atoms with Crippen molar-refractivity contribution in [3.8, 4) is 0 Å². The van der Waals surface area contributed by atoms with E-state index in [2.05, 4.69) is 20.3 Å². The molecule has 0 bridgehead atoms. The quantitative estimate of drug-likeness (QED) is 0.342. The summed E-state index contributed by atoms with van der Waals surface area (Å²) < 4.78 is 27.1. The zero-order chi connectivity index (χ0) is 16.1. The van der Waals surface area contributed by atoms with Crippen LogP contribution in [0.5, 0.6) is 0 Å².